The van der Waals surface area contributed by atoms with Crippen molar-refractivity contribution in [2.45, 2.75) is 85.7 Å². The minimum absolute atomic E-state index is 0.0475. The van der Waals surface area contributed by atoms with Crippen LogP contribution in [0.1, 0.15) is 80.1 Å². The Morgan fingerprint density at radius 3 is 2.56 bits per heavy atom. The van der Waals surface area contributed by atoms with Crippen LogP contribution in [0.25, 0.3) is 0 Å². The number of allylic oxidation sites excluding steroid dienone is 3. The molecule has 0 N–H and O–H groups in total. The number of esters is 1. The van der Waals surface area contributed by atoms with Crippen LogP contribution in [-0.2, 0) is 14.3 Å². The number of carbonyl (C=O) groups is 1. The predicted octanol–water partition coefficient (Wildman–Crippen LogP) is 5.84. The molecule has 0 aromatic rings. The van der Waals surface area contributed by atoms with Gasteiger partial charge in [-0.1, -0.05) is 31.9 Å². The van der Waals surface area contributed by atoms with E-state index in [1.54, 1.807) is 6.08 Å². The van der Waals surface area contributed by atoms with Crippen LogP contribution in [-0.4, -0.2) is 24.8 Å². The fourth-order valence-corrected chi connectivity index (χ4v) is 3.48. The highest BCUT2D eigenvalue weighted by Crippen LogP contribution is 2.31. The maximum absolute atomic E-state index is 11.6. The van der Waals surface area contributed by atoms with Crippen LogP contribution in [0.4, 0.5) is 0 Å². The first kappa shape index (κ1) is 22.0. The van der Waals surface area contributed by atoms with E-state index in [2.05, 4.69) is 40.7 Å². The highest BCUT2D eigenvalue weighted by molar-refractivity contribution is 5.83. The van der Waals surface area contributed by atoms with E-state index in [4.69, 9.17) is 9.47 Å². The van der Waals surface area contributed by atoms with Gasteiger partial charge < -0.3 is 9.47 Å². The van der Waals surface area contributed by atoms with E-state index in [-0.39, 0.29) is 11.6 Å². The number of ether oxygens (including phenoxy) is 2. The Hall–Kier alpha value is -1.09. The molecule has 2 atom stereocenters. The van der Waals surface area contributed by atoms with E-state index < -0.39 is 0 Å². The van der Waals surface area contributed by atoms with E-state index in [0.29, 0.717) is 18.4 Å². The van der Waals surface area contributed by atoms with E-state index in [1.165, 1.54) is 18.4 Å². The van der Waals surface area contributed by atoms with Gasteiger partial charge in [-0.2, -0.15) is 0 Å². The summed E-state index contributed by atoms with van der Waals surface area (Å²) in [4.78, 5) is 11.6. The molecule has 1 aliphatic carbocycles. The zero-order chi connectivity index (χ0) is 18.9. The lowest BCUT2D eigenvalue weighted by molar-refractivity contribution is -0.137. The second-order valence-electron chi connectivity index (χ2n) is 7.95. The lowest BCUT2D eigenvalue weighted by Gasteiger charge is -2.32. The van der Waals surface area contributed by atoms with Crippen LogP contribution >= 0.6 is 0 Å². The second kappa shape index (κ2) is 10.8. The van der Waals surface area contributed by atoms with Gasteiger partial charge in [-0.15, -0.1) is 0 Å². The van der Waals surface area contributed by atoms with Crippen molar-refractivity contribution in [2.75, 3.05) is 13.2 Å². The third kappa shape index (κ3) is 8.22. The smallest absolute Gasteiger partial charge is 0.331 e. The third-order valence-corrected chi connectivity index (χ3v) is 5.35. The maximum atomic E-state index is 11.6. The molecule has 1 rings (SSSR count). The van der Waals surface area contributed by atoms with Gasteiger partial charge in [0.05, 0.1) is 12.2 Å². The van der Waals surface area contributed by atoms with Gasteiger partial charge in [-0.05, 0) is 77.2 Å². The van der Waals surface area contributed by atoms with Crippen LogP contribution in [0.2, 0.25) is 0 Å². The van der Waals surface area contributed by atoms with Crippen molar-refractivity contribution in [2.24, 2.45) is 11.8 Å². The van der Waals surface area contributed by atoms with Gasteiger partial charge in [0.1, 0.15) is 0 Å². The highest BCUT2D eigenvalue weighted by atomic mass is 16.5. The highest BCUT2D eigenvalue weighted by Gasteiger charge is 2.26. The molecule has 0 spiro atoms. The first-order chi connectivity index (χ1) is 11.8. The molecule has 144 valence electrons. The summed E-state index contributed by atoms with van der Waals surface area (Å²) in [5, 5.41) is 0. The summed E-state index contributed by atoms with van der Waals surface area (Å²) in [7, 11) is 0. The Balaban J connectivity index is 2.51. The summed E-state index contributed by atoms with van der Waals surface area (Å²) in [6, 6.07) is 0. The quantitative estimate of drug-likeness (QED) is 0.366. The number of rotatable bonds is 10. The molecule has 0 amide bonds. The molecule has 2 unspecified atom stereocenters. The first-order valence-electron chi connectivity index (χ1n) is 9.99. The molecular weight excluding hydrogens is 312 g/mol. The molecule has 0 aliphatic heterocycles. The Labute approximate surface area is 154 Å². The van der Waals surface area contributed by atoms with Crippen molar-refractivity contribution >= 4 is 5.97 Å². The van der Waals surface area contributed by atoms with Gasteiger partial charge in [0.2, 0.25) is 0 Å². The number of hydrogen-bond donors (Lipinski definition) is 0. The van der Waals surface area contributed by atoms with Crippen molar-refractivity contribution in [3.05, 3.63) is 23.3 Å². The Morgan fingerprint density at radius 1 is 1.20 bits per heavy atom. The van der Waals surface area contributed by atoms with Gasteiger partial charge in [0.15, 0.2) is 0 Å². The molecule has 0 saturated heterocycles. The summed E-state index contributed by atoms with van der Waals surface area (Å²) in [5.41, 5.74) is 2.55. The van der Waals surface area contributed by atoms with Crippen molar-refractivity contribution in [1.29, 1.82) is 0 Å². The maximum Gasteiger partial charge on any atom is 0.331 e. The standard InChI is InChI=1S/C22H38O3/c1-7-24-21(23)16-20-11-9-10-19(15-20)14-17(3)12-13-18(4)22(5,6)25-8-2/h15-18H,7-14H2,1-6H3. The average molecular weight is 351 g/mol. The van der Waals surface area contributed by atoms with Crippen LogP contribution < -0.4 is 0 Å². The molecule has 3 nitrogen and oxygen atoms in total. The molecule has 1 aliphatic rings. The predicted molar refractivity (Wildman–Crippen MR) is 105 cm³/mol. The summed E-state index contributed by atoms with van der Waals surface area (Å²) in [6.45, 7) is 14.1. The fourth-order valence-electron chi connectivity index (χ4n) is 3.48. The molecule has 0 heterocycles. The van der Waals surface area contributed by atoms with Gasteiger partial charge in [0, 0.05) is 12.7 Å². The normalized spacial score (nSPS) is 19.4. The zero-order valence-electron chi connectivity index (χ0n) is 17.2. The molecule has 0 aromatic carbocycles. The summed E-state index contributed by atoms with van der Waals surface area (Å²) in [6.07, 6.45) is 10.7. The average Bonchev–Trinajstić information content (AvgIpc) is 2.53. The van der Waals surface area contributed by atoms with Crippen molar-refractivity contribution in [3.63, 3.8) is 0 Å². The van der Waals surface area contributed by atoms with Gasteiger partial charge in [-0.25, -0.2) is 4.79 Å². The summed E-state index contributed by atoms with van der Waals surface area (Å²) >= 11 is 0. The van der Waals surface area contributed by atoms with E-state index >= 15 is 0 Å². The SMILES string of the molecule is CCOC(=O)C=C1C=C(CC(C)CCC(C)C(C)(C)OCC)CCC1. The minimum Gasteiger partial charge on any atom is -0.463 e. The van der Waals surface area contributed by atoms with Crippen molar-refractivity contribution in [3.8, 4) is 0 Å². The second-order valence-corrected chi connectivity index (χ2v) is 7.95. The molecule has 0 radical (unpaired) electrons. The summed E-state index contributed by atoms with van der Waals surface area (Å²) in [5.74, 6) is 0.998. The van der Waals surface area contributed by atoms with Gasteiger partial charge in [0.25, 0.3) is 0 Å². The molecule has 25 heavy (non-hydrogen) atoms. The Morgan fingerprint density at radius 2 is 1.92 bits per heavy atom. The van der Waals surface area contributed by atoms with Crippen molar-refractivity contribution < 1.29 is 14.3 Å². The monoisotopic (exact) mass is 350 g/mol. The first-order valence-corrected chi connectivity index (χ1v) is 9.99. The Bertz CT molecular complexity index is 474. The molecule has 3 heteroatoms. The number of carbonyl (C=O) groups excluding carboxylic acids is 1. The molecule has 0 aromatic heterocycles. The molecular formula is C22H38O3. The van der Waals surface area contributed by atoms with Crippen LogP contribution in [0, 0.1) is 11.8 Å². The van der Waals surface area contributed by atoms with E-state index in [1.807, 2.05) is 6.92 Å². The molecule has 0 saturated carbocycles. The minimum atomic E-state index is -0.213. The lowest BCUT2D eigenvalue weighted by Crippen LogP contribution is -2.33. The van der Waals surface area contributed by atoms with Gasteiger partial charge in [-0.3, -0.25) is 0 Å². The lowest BCUT2D eigenvalue weighted by atomic mass is 9.83. The largest absolute Gasteiger partial charge is 0.463 e. The van der Waals surface area contributed by atoms with E-state index in [0.717, 1.165) is 37.9 Å². The zero-order valence-corrected chi connectivity index (χ0v) is 17.2. The van der Waals surface area contributed by atoms with Crippen molar-refractivity contribution in [1.82, 2.24) is 0 Å². The Kier molecular flexibility index (Phi) is 9.48. The topological polar surface area (TPSA) is 35.5 Å². The third-order valence-electron chi connectivity index (χ3n) is 5.35. The molecule has 0 bridgehead atoms. The van der Waals surface area contributed by atoms with E-state index in [9.17, 15) is 4.79 Å². The number of hydrogen-bond acceptors (Lipinski definition) is 3. The van der Waals surface area contributed by atoms with Crippen LogP contribution in [0.15, 0.2) is 23.3 Å². The van der Waals surface area contributed by atoms with Crippen LogP contribution in [0.3, 0.4) is 0 Å². The van der Waals surface area contributed by atoms with Gasteiger partial charge >= 0.3 is 5.97 Å². The van der Waals surface area contributed by atoms with Crippen LogP contribution in [0.5, 0.6) is 0 Å². The fraction of sp³-hybridized carbons (Fsp3) is 0.773. The molecule has 0 fully saturated rings. The summed E-state index contributed by atoms with van der Waals surface area (Å²) < 4.78 is 10.9.